The minimum absolute atomic E-state index is 0.522. The van der Waals surface area contributed by atoms with E-state index in [1.54, 1.807) is 0 Å². The van der Waals surface area contributed by atoms with Crippen LogP contribution in [0.15, 0.2) is 259 Å². The molecule has 11 aromatic carbocycles. The van der Waals surface area contributed by atoms with E-state index in [1.807, 2.05) is 6.07 Å². The number of benzene rings is 11. The lowest BCUT2D eigenvalue weighted by Gasteiger charge is -2.39. The first-order valence-corrected chi connectivity index (χ1v) is 23.6. The highest BCUT2D eigenvalue weighted by molar-refractivity contribution is 6.15. The number of nitrogens with zero attached hydrogens (tertiary/aromatic N) is 2. The first-order valence-electron chi connectivity index (χ1n) is 23.6. The van der Waals surface area contributed by atoms with Crippen molar-refractivity contribution in [2.75, 3.05) is 9.80 Å². The molecule has 0 saturated carbocycles. The Morgan fingerprint density at radius 3 is 1.59 bits per heavy atom. The molecule has 0 fully saturated rings. The number of para-hydroxylation sites is 5. The van der Waals surface area contributed by atoms with Crippen molar-refractivity contribution in [3.05, 3.63) is 277 Å². The fraction of sp³-hybridized carbons (Fsp3) is 0.0154. The molecule has 0 unspecified atom stereocenters. The van der Waals surface area contributed by atoms with Gasteiger partial charge in [-0.25, -0.2) is 0 Å². The maximum absolute atomic E-state index is 6.62. The molecule has 1 aliphatic heterocycles. The van der Waals surface area contributed by atoms with E-state index in [1.165, 1.54) is 33.2 Å². The van der Waals surface area contributed by atoms with Gasteiger partial charge in [0, 0.05) is 44.6 Å². The number of anilines is 6. The molecule has 12 aromatic rings. The second-order valence-electron chi connectivity index (χ2n) is 17.9. The second-order valence-corrected chi connectivity index (χ2v) is 17.9. The molecule has 4 nitrogen and oxygen atoms in total. The van der Waals surface area contributed by atoms with Crippen molar-refractivity contribution in [2.45, 2.75) is 5.41 Å². The lowest BCUT2D eigenvalue weighted by Crippen LogP contribution is -2.32. The van der Waals surface area contributed by atoms with E-state index in [0.717, 1.165) is 89.6 Å². The van der Waals surface area contributed by atoms with Gasteiger partial charge in [-0.05, 0) is 124 Å². The average molecular weight is 883 g/mol. The van der Waals surface area contributed by atoms with Crippen molar-refractivity contribution in [3.63, 3.8) is 0 Å². The van der Waals surface area contributed by atoms with E-state index in [-0.39, 0.29) is 0 Å². The van der Waals surface area contributed by atoms with Crippen LogP contribution in [0.3, 0.4) is 0 Å². The summed E-state index contributed by atoms with van der Waals surface area (Å²) >= 11 is 0. The average Bonchev–Trinajstić information content (AvgIpc) is 3.94. The summed E-state index contributed by atoms with van der Waals surface area (Å²) in [7, 11) is 0. The van der Waals surface area contributed by atoms with Gasteiger partial charge in [-0.15, -0.1) is 0 Å². The zero-order valence-corrected chi connectivity index (χ0v) is 37.5. The lowest BCUT2D eigenvalue weighted by atomic mass is 9.66. The van der Waals surface area contributed by atoms with Crippen LogP contribution in [-0.4, -0.2) is 0 Å². The summed E-state index contributed by atoms with van der Waals surface area (Å²) in [5, 5.41) is 4.44. The van der Waals surface area contributed by atoms with Crippen molar-refractivity contribution < 1.29 is 9.15 Å². The van der Waals surface area contributed by atoms with Crippen LogP contribution in [0.25, 0.3) is 55.0 Å². The minimum Gasteiger partial charge on any atom is -0.457 e. The smallest absolute Gasteiger partial charge is 0.137 e. The van der Waals surface area contributed by atoms with Crippen LogP contribution in [0.1, 0.15) is 22.3 Å². The van der Waals surface area contributed by atoms with Gasteiger partial charge in [0.15, 0.2) is 0 Å². The van der Waals surface area contributed by atoms with Crippen molar-refractivity contribution in [1.82, 2.24) is 0 Å². The maximum Gasteiger partial charge on any atom is 0.137 e. The molecule has 0 saturated heterocycles. The summed E-state index contributed by atoms with van der Waals surface area (Å²) in [4.78, 5) is 4.75. The monoisotopic (exact) mass is 882 g/mol. The molecule has 0 bridgehead atoms. The maximum atomic E-state index is 6.62. The van der Waals surface area contributed by atoms with Gasteiger partial charge in [-0.2, -0.15) is 0 Å². The Bertz CT molecular complexity index is 3880. The SMILES string of the molecule is c1ccc(N(c2ccccc2)c2cccc(N(c3ccc(-c4ccc5c(c4)-c4ccccc4C54c5ccccc5Oc5ccccc54)c4ccccc34)c3cccc4oc5ccccc5c34)c2)cc1. The highest BCUT2D eigenvalue weighted by Gasteiger charge is 2.51. The lowest BCUT2D eigenvalue weighted by molar-refractivity contribution is 0.436. The van der Waals surface area contributed by atoms with E-state index in [2.05, 4.69) is 259 Å². The Kier molecular flexibility index (Phi) is 8.77. The van der Waals surface area contributed by atoms with Gasteiger partial charge in [-0.3, -0.25) is 0 Å². The van der Waals surface area contributed by atoms with E-state index in [4.69, 9.17) is 9.15 Å². The van der Waals surface area contributed by atoms with Gasteiger partial charge < -0.3 is 19.0 Å². The van der Waals surface area contributed by atoms with Crippen LogP contribution < -0.4 is 14.5 Å². The summed E-state index contributed by atoms with van der Waals surface area (Å²) in [6.07, 6.45) is 0. The zero-order chi connectivity index (χ0) is 45.5. The molecule has 2 heterocycles. The molecule has 0 N–H and O–H groups in total. The molecule has 1 aromatic heterocycles. The van der Waals surface area contributed by atoms with Gasteiger partial charge in [0.25, 0.3) is 0 Å². The van der Waals surface area contributed by atoms with Gasteiger partial charge in [0.2, 0.25) is 0 Å². The molecule has 0 amide bonds. The van der Waals surface area contributed by atoms with E-state index in [9.17, 15) is 0 Å². The van der Waals surface area contributed by atoms with Gasteiger partial charge in [-0.1, -0.05) is 170 Å². The number of rotatable bonds is 7. The van der Waals surface area contributed by atoms with E-state index < -0.39 is 5.41 Å². The summed E-state index contributed by atoms with van der Waals surface area (Å²) in [6.45, 7) is 0. The Balaban J connectivity index is 0.980. The molecule has 2 aliphatic rings. The van der Waals surface area contributed by atoms with Gasteiger partial charge in [0.1, 0.15) is 22.7 Å². The number of ether oxygens (including phenoxy) is 1. The number of fused-ring (bicyclic) bond motifs is 13. The molecule has 4 heteroatoms. The third-order valence-corrected chi connectivity index (χ3v) is 14.3. The Labute approximate surface area is 400 Å². The molecular formula is C65H42N2O2. The predicted octanol–water partition coefficient (Wildman–Crippen LogP) is 17.8. The molecule has 1 spiro atoms. The highest BCUT2D eigenvalue weighted by Crippen LogP contribution is 2.62. The topological polar surface area (TPSA) is 28.9 Å². The quantitative estimate of drug-likeness (QED) is 0.159. The van der Waals surface area contributed by atoms with Crippen LogP contribution in [0, 0.1) is 0 Å². The molecule has 324 valence electrons. The largest absolute Gasteiger partial charge is 0.457 e. The zero-order valence-electron chi connectivity index (χ0n) is 37.5. The third-order valence-electron chi connectivity index (χ3n) is 14.3. The number of hydrogen-bond donors (Lipinski definition) is 0. The Hall–Kier alpha value is -9.12. The fourth-order valence-electron chi connectivity index (χ4n) is 11.5. The summed E-state index contributed by atoms with van der Waals surface area (Å²) in [5.74, 6) is 1.79. The summed E-state index contributed by atoms with van der Waals surface area (Å²) < 4.78 is 13.2. The van der Waals surface area contributed by atoms with Crippen LogP contribution in [0.5, 0.6) is 11.5 Å². The van der Waals surface area contributed by atoms with Crippen molar-refractivity contribution in [3.8, 4) is 33.8 Å². The molecule has 0 radical (unpaired) electrons. The molecule has 14 rings (SSSR count). The van der Waals surface area contributed by atoms with Crippen molar-refractivity contribution in [2.24, 2.45) is 0 Å². The standard InChI is InChI=1S/C65H42N2O2/c1-3-19-44(20-4-1)66(45-21-5-2-6-22-45)46-23-17-24-47(42-46)67(59-32-18-36-63-64(59)52-28-10-14-33-60(52)68-63)58-40-38-48(49-25-7-8-27-51(49)58)43-37-39-55-53(41-43)50-26-9-11-29-54(50)65(55)56-30-12-15-34-61(56)69-62-35-16-13-31-57(62)65/h1-42H. The number of furan rings is 1. The minimum atomic E-state index is -0.522. The number of hydrogen-bond acceptors (Lipinski definition) is 4. The predicted molar refractivity (Wildman–Crippen MR) is 283 cm³/mol. The Morgan fingerprint density at radius 2 is 0.855 bits per heavy atom. The third kappa shape index (κ3) is 5.89. The first-order chi connectivity index (χ1) is 34.2. The van der Waals surface area contributed by atoms with Crippen molar-refractivity contribution in [1.29, 1.82) is 0 Å². The van der Waals surface area contributed by atoms with Crippen LogP contribution in [0.4, 0.5) is 34.1 Å². The molecule has 69 heavy (non-hydrogen) atoms. The van der Waals surface area contributed by atoms with Crippen LogP contribution in [0.2, 0.25) is 0 Å². The van der Waals surface area contributed by atoms with Gasteiger partial charge >= 0.3 is 0 Å². The summed E-state index contributed by atoms with van der Waals surface area (Å²) in [5.41, 5.74) is 17.2. The molecule has 1 aliphatic carbocycles. The van der Waals surface area contributed by atoms with E-state index >= 15 is 0 Å². The molecule has 0 atom stereocenters. The normalized spacial score (nSPS) is 12.9. The fourth-order valence-corrected chi connectivity index (χ4v) is 11.5. The van der Waals surface area contributed by atoms with Gasteiger partial charge in [0.05, 0.1) is 22.2 Å². The van der Waals surface area contributed by atoms with E-state index in [0.29, 0.717) is 0 Å². The second kappa shape index (κ2) is 15.5. The Morgan fingerprint density at radius 1 is 0.304 bits per heavy atom. The summed E-state index contributed by atoms with van der Waals surface area (Å²) in [6, 6.07) is 91.6. The van der Waals surface area contributed by atoms with Crippen LogP contribution in [-0.2, 0) is 5.41 Å². The highest BCUT2D eigenvalue weighted by atomic mass is 16.5. The van der Waals surface area contributed by atoms with Crippen molar-refractivity contribution >= 4 is 66.8 Å². The first kappa shape index (κ1) is 39.1. The van der Waals surface area contributed by atoms with Crippen LogP contribution >= 0.6 is 0 Å². The molecular weight excluding hydrogens is 841 g/mol.